The molecule has 0 unspecified atom stereocenters. The maximum Gasteiger partial charge on any atom is 0.411 e. The number of amides is 1. The standard InChI is InChI=1S/C17H32N2O3Si/c1-11(2)19(12(3)4)16(20)21-13(10-18)14-15(22-14)23(8,9)17(5,6)7/h11-15H,1-9H3/t13-,14+,15+/m0/s1. The quantitative estimate of drug-likeness (QED) is 0.561. The van der Waals surface area contributed by atoms with E-state index in [0.29, 0.717) is 0 Å². The lowest BCUT2D eigenvalue weighted by molar-refractivity contribution is 0.0534. The van der Waals surface area contributed by atoms with Crippen LogP contribution < -0.4 is 0 Å². The lowest BCUT2D eigenvalue weighted by Gasteiger charge is -2.35. The van der Waals surface area contributed by atoms with E-state index in [1.165, 1.54) is 0 Å². The van der Waals surface area contributed by atoms with Crippen LogP contribution in [0.25, 0.3) is 0 Å². The zero-order valence-electron chi connectivity index (χ0n) is 16.0. The maximum atomic E-state index is 12.4. The normalized spacial score (nSPS) is 22.7. The van der Waals surface area contributed by atoms with Crippen molar-refractivity contribution in [2.75, 3.05) is 0 Å². The molecule has 0 N–H and O–H groups in total. The number of rotatable bonds is 5. The molecule has 0 spiro atoms. The average molecular weight is 341 g/mol. The summed E-state index contributed by atoms with van der Waals surface area (Å²) in [4.78, 5) is 14.0. The molecule has 1 aliphatic heterocycles. The van der Waals surface area contributed by atoms with E-state index in [1.807, 2.05) is 27.7 Å². The van der Waals surface area contributed by atoms with Crippen LogP contribution in [0.4, 0.5) is 4.79 Å². The van der Waals surface area contributed by atoms with E-state index >= 15 is 0 Å². The van der Waals surface area contributed by atoms with Crippen molar-refractivity contribution in [1.82, 2.24) is 4.90 Å². The Morgan fingerprint density at radius 2 is 1.70 bits per heavy atom. The SMILES string of the molecule is CC(C)N(C(=O)O[C@@H](C#N)[C@H]1O[C@@H]1[Si](C)(C)C(C)(C)C)C(C)C. The molecule has 0 aromatic heterocycles. The van der Waals surface area contributed by atoms with Crippen LogP contribution in [0.1, 0.15) is 48.5 Å². The molecule has 1 heterocycles. The van der Waals surface area contributed by atoms with E-state index in [4.69, 9.17) is 9.47 Å². The number of nitriles is 1. The van der Waals surface area contributed by atoms with Gasteiger partial charge in [0.15, 0.2) is 0 Å². The first-order valence-corrected chi connectivity index (χ1v) is 11.5. The number of nitrogens with zero attached hydrogens (tertiary/aromatic N) is 2. The molecule has 0 saturated carbocycles. The molecule has 1 amide bonds. The summed E-state index contributed by atoms with van der Waals surface area (Å²) in [5.41, 5.74) is 0.0616. The Balaban J connectivity index is 2.78. The summed E-state index contributed by atoms with van der Waals surface area (Å²) in [5, 5.41) is 9.59. The fourth-order valence-corrected chi connectivity index (χ4v) is 5.06. The molecule has 6 heteroatoms. The number of carbonyl (C=O) groups excluding carboxylic acids is 1. The Hall–Kier alpha value is -1.06. The summed E-state index contributed by atoms with van der Waals surface area (Å²) in [6.45, 7) is 18.9. The van der Waals surface area contributed by atoms with Crippen molar-refractivity contribution in [3.05, 3.63) is 0 Å². The highest BCUT2D eigenvalue weighted by Gasteiger charge is 2.59. The molecule has 0 aliphatic carbocycles. The molecule has 5 nitrogen and oxygen atoms in total. The first-order valence-electron chi connectivity index (χ1n) is 8.38. The molecule has 3 atom stereocenters. The fraction of sp³-hybridized carbons (Fsp3) is 0.882. The lowest BCUT2D eigenvalue weighted by atomic mass is 10.2. The smallest absolute Gasteiger partial charge is 0.411 e. The number of hydrogen-bond donors (Lipinski definition) is 0. The summed E-state index contributed by atoms with van der Waals surface area (Å²) < 4.78 is 11.3. The van der Waals surface area contributed by atoms with Gasteiger partial charge in [-0.2, -0.15) is 5.26 Å². The minimum absolute atomic E-state index is 0.0261. The van der Waals surface area contributed by atoms with Crippen molar-refractivity contribution in [3.8, 4) is 6.07 Å². The minimum atomic E-state index is -1.71. The molecule has 1 saturated heterocycles. The highest BCUT2D eigenvalue weighted by Crippen LogP contribution is 2.47. The zero-order valence-corrected chi connectivity index (χ0v) is 17.0. The van der Waals surface area contributed by atoms with Crippen LogP contribution in [-0.2, 0) is 9.47 Å². The number of carbonyl (C=O) groups is 1. The van der Waals surface area contributed by atoms with Gasteiger partial charge in [0.1, 0.15) is 12.2 Å². The number of ether oxygens (including phenoxy) is 2. The molecule has 0 bridgehead atoms. The second-order valence-electron chi connectivity index (χ2n) is 8.52. The molecule has 1 fully saturated rings. The molecule has 0 radical (unpaired) electrons. The van der Waals surface area contributed by atoms with Gasteiger partial charge in [-0.25, -0.2) is 4.79 Å². The molecule has 0 aromatic rings. The van der Waals surface area contributed by atoms with Crippen LogP contribution in [0, 0.1) is 11.3 Å². The van der Waals surface area contributed by atoms with Gasteiger partial charge < -0.3 is 14.4 Å². The van der Waals surface area contributed by atoms with Gasteiger partial charge in [-0.3, -0.25) is 0 Å². The Morgan fingerprint density at radius 1 is 1.22 bits per heavy atom. The van der Waals surface area contributed by atoms with Crippen LogP contribution >= 0.6 is 0 Å². The third-order valence-electron chi connectivity index (χ3n) is 5.15. The van der Waals surface area contributed by atoms with Crippen LogP contribution in [0.15, 0.2) is 0 Å². The van der Waals surface area contributed by atoms with Crippen LogP contribution in [0.3, 0.4) is 0 Å². The Morgan fingerprint density at radius 3 is 2.04 bits per heavy atom. The average Bonchev–Trinajstić information content (AvgIpc) is 3.13. The van der Waals surface area contributed by atoms with Crippen molar-refractivity contribution >= 4 is 14.2 Å². The van der Waals surface area contributed by atoms with Crippen molar-refractivity contribution in [2.24, 2.45) is 0 Å². The van der Waals surface area contributed by atoms with E-state index in [2.05, 4.69) is 39.9 Å². The highest BCUT2D eigenvalue weighted by molar-refractivity contribution is 6.82. The van der Waals surface area contributed by atoms with Gasteiger partial charge in [0.25, 0.3) is 0 Å². The summed E-state index contributed by atoms with van der Waals surface area (Å²) >= 11 is 0. The monoisotopic (exact) mass is 340 g/mol. The van der Waals surface area contributed by atoms with Crippen molar-refractivity contribution in [1.29, 1.82) is 5.26 Å². The van der Waals surface area contributed by atoms with E-state index in [9.17, 15) is 10.1 Å². The maximum absolute atomic E-state index is 12.4. The van der Waals surface area contributed by atoms with E-state index < -0.39 is 20.3 Å². The number of hydrogen-bond acceptors (Lipinski definition) is 4. The van der Waals surface area contributed by atoms with Gasteiger partial charge in [-0.05, 0) is 32.7 Å². The number of epoxide rings is 1. The highest BCUT2D eigenvalue weighted by atomic mass is 28.3. The lowest BCUT2D eigenvalue weighted by Crippen LogP contribution is -2.47. The zero-order chi connectivity index (χ0) is 18.2. The minimum Gasteiger partial charge on any atom is -0.428 e. The Bertz CT molecular complexity index is 469. The topological polar surface area (TPSA) is 65.9 Å². The van der Waals surface area contributed by atoms with Gasteiger partial charge in [-0.15, -0.1) is 0 Å². The summed E-state index contributed by atoms with van der Waals surface area (Å²) in [5.74, 6) is 0. The van der Waals surface area contributed by atoms with Gasteiger partial charge >= 0.3 is 6.09 Å². The van der Waals surface area contributed by atoms with Gasteiger partial charge in [0.2, 0.25) is 6.10 Å². The van der Waals surface area contributed by atoms with E-state index in [1.54, 1.807) is 4.90 Å². The van der Waals surface area contributed by atoms with Crippen LogP contribution in [-0.4, -0.2) is 49.1 Å². The molecule has 0 aromatic carbocycles. The molecule has 132 valence electrons. The van der Waals surface area contributed by atoms with E-state index in [0.717, 1.165) is 0 Å². The van der Waals surface area contributed by atoms with E-state index in [-0.39, 0.29) is 29.0 Å². The van der Waals surface area contributed by atoms with Crippen molar-refractivity contribution in [3.63, 3.8) is 0 Å². The third kappa shape index (κ3) is 4.27. The summed E-state index contributed by atoms with van der Waals surface area (Å²) in [7, 11) is -1.71. The fourth-order valence-electron chi connectivity index (χ4n) is 2.72. The van der Waals surface area contributed by atoms with Crippen LogP contribution in [0.5, 0.6) is 0 Å². The second-order valence-corrected chi connectivity index (χ2v) is 14.0. The Kier molecular flexibility index (Phi) is 5.92. The largest absolute Gasteiger partial charge is 0.428 e. The van der Waals surface area contributed by atoms with Gasteiger partial charge in [-0.1, -0.05) is 33.9 Å². The molecular formula is C17H32N2O3Si. The molecule has 1 aliphatic rings. The predicted molar refractivity (Wildman–Crippen MR) is 93.9 cm³/mol. The van der Waals surface area contributed by atoms with Gasteiger partial charge in [0.05, 0.1) is 13.8 Å². The third-order valence-corrected chi connectivity index (χ3v) is 10.9. The Labute approximate surface area is 141 Å². The first-order chi connectivity index (χ1) is 10.3. The summed E-state index contributed by atoms with van der Waals surface area (Å²) in [6, 6.07) is 2.16. The molecule has 23 heavy (non-hydrogen) atoms. The first kappa shape index (κ1) is 20.0. The molecular weight excluding hydrogens is 308 g/mol. The van der Waals surface area contributed by atoms with Gasteiger partial charge in [0, 0.05) is 12.1 Å². The van der Waals surface area contributed by atoms with Crippen molar-refractivity contribution in [2.45, 2.75) is 96.6 Å². The second kappa shape index (κ2) is 6.82. The summed E-state index contributed by atoms with van der Waals surface area (Å²) in [6.07, 6.45) is -1.56. The van der Waals surface area contributed by atoms with Crippen molar-refractivity contribution < 1.29 is 14.3 Å². The predicted octanol–water partition coefficient (Wildman–Crippen LogP) is 3.95. The molecule has 1 rings (SSSR count). The van der Waals surface area contributed by atoms with Crippen LogP contribution in [0.2, 0.25) is 18.1 Å².